The van der Waals surface area contributed by atoms with E-state index in [1.807, 2.05) is 18.7 Å². The van der Waals surface area contributed by atoms with Gasteiger partial charge in [-0.25, -0.2) is 23.1 Å². The SMILES string of the molecule is COc1c(C)cc(S(=O)(=O)NCC2CCN(c3nccnc3C#N)CC2)cc1C. The minimum atomic E-state index is -3.59. The van der Waals surface area contributed by atoms with Crippen LogP contribution in [-0.2, 0) is 10.0 Å². The molecule has 0 aliphatic carbocycles. The standard InChI is InChI=1S/C20H25N5O3S/c1-14-10-17(11-15(2)19(14)28-3)29(26,27)24-13-16-4-8-25(9-5-16)20-18(12-21)22-6-7-23-20/h6-7,10-11,16,24H,4-5,8-9,13H2,1-3H3. The quantitative estimate of drug-likeness (QED) is 0.770. The second kappa shape index (κ2) is 8.76. The fourth-order valence-electron chi connectivity index (χ4n) is 3.69. The molecule has 2 aromatic rings. The number of piperidine rings is 1. The van der Waals surface area contributed by atoms with Crippen molar-refractivity contribution in [2.24, 2.45) is 5.92 Å². The molecule has 1 fully saturated rings. The molecule has 2 heterocycles. The third-order valence-corrected chi connectivity index (χ3v) is 6.61. The Hall–Kier alpha value is -2.70. The first kappa shape index (κ1) is 21.0. The van der Waals surface area contributed by atoms with E-state index in [0.717, 1.165) is 24.0 Å². The van der Waals surface area contributed by atoms with Gasteiger partial charge in [-0.05, 0) is 55.9 Å². The lowest BCUT2D eigenvalue weighted by Crippen LogP contribution is -2.39. The van der Waals surface area contributed by atoms with Crippen LogP contribution in [0.15, 0.2) is 29.4 Å². The van der Waals surface area contributed by atoms with Crippen LogP contribution in [0.5, 0.6) is 5.75 Å². The summed E-state index contributed by atoms with van der Waals surface area (Å²) in [5.41, 5.74) is 1.90. The molecule has 0 unspecified atom stereocenters. The minimum Gasteiger partial charge on any atom is -0.496 e. The van der Waals surface area contributed by atoms with E-state index < -0.39 is 10.0 Å². The Labute approximate surface area is 171 Å². The van der Waals surface area contributed by atoms with Gasteiger partial charge in [0, 0.05) is 32.0 Å². The Morgan fingerprint density at radius 2 is 1.83 bits per heavy atom. The molecule has 0 saturated carbocycles. The monoisotopic (exact) mass is 415 g/mol. The van der Waals surface area contributed by atoms with E-state index in [0.29, 0.717) is 36.9 Å². The van der Waals surface area contributed by atoms with E-state index in [1.54, 1.807) is 25.4 Å². The maximum absolute atomic E-state index is 12.7. The smallest absolute Gasteiger partial charge is 0.240 e. The predicted molar refractivity (Wildman–Crippen MR) is 109 cm³/mol. The van der Waals surface area contributed by atoms with Gasteiger partial charge in [0.15, 0.2) is 11.5 Å². The van der Waals surface area contributed by atoms with Crippen molar-refractivity contribution in [1.29, 1.82) is 5.26 Å². The molecule has 154 valence electrons. The van der Waals surface area contributed by atoms with Crippen LogP contribution in [0.2, 0.25) is 0 Å². The van der Waals surface area contributed by atoms with Crippen LogP contribution in [0.25, 0.3) is 0 Å². The summed E-state index contributed by atoms with van der Waals surface area (Å²) in [7, 11) is -2.01. The predicted octanol–water partition coefficient (Wildman–Crippen LogP) is 2.17. The van der Waals surface area contributed by atoms with Crippen LogP contribution < -0.4 is 14.4 Å². The summed E-state index contributed by atoms with van der Waals surface area (Å²) in [5.74, 6) is 1.53. The van der Waals surface area contributed by atoms with E-state index in [4.69, 9.17) is 4.74 Å². The topological polar surface area (TPSA) is 108 Å². The Morgan fingerprint density at radius 3 is 2.41 bits per heavy atom. The van der Waals surface area contributed by atoms with Gasteiger partial charge in [-0.2, -0.15) is 5.26 Å². The number of nitrogens with zero attached hydrogens (tertiary/aromatic N) is 4. The molecule has 0 atom stereocenters. The third kappa shape index (κ3) is 4.66. The highest BCUT2D eigenvalue weighted by Gasteiger charge is 2.24. The molecular formula is C20H25N5O3S. The molecule has 1 aliphatic rings. The number of benzene rings is 1. The molecule has 0 radical (unpaired) electrons. The number of nitriles is 1. The van der Waals surface area contributed by atoms with Crippen molar-refractivity contribution in [1.82, 2.24) is 14.7 Å². The van der Waals surface area contributed by atoms with Crippen molar-refractivity contribution in [2.45, 2.75) is 31.6 Å². The molecule has 9 heteroatoms. The van der Waals surface area contributed by atoms with Crippen molar-refractivity contribution in [2.75, 3.05) is 31.6 Å². The molecule has 3 rings (SSSR count). The van der Waals surface area contributed by atoms with Crippen molar-refractivity contribution in [3.63, 3.8) is 0 Å². The molecule has 8 nitrogen and oxygen atoms in total. The number of methoxy groups -OCH3 is 1. The molecule has 1 N–H and O–H groups in total. The van der Waals surface area contributed by atoms with Gasteiger partial charge in [0.25, 0.3) is 0 Å². The summed E-state index contributed by atoms with van der Waals surface area (Å²) in [6, 6.07) is 5.34. The number of rotatable bonds is 6. The number of aryl methyl sites for hydroxylation is 2. The summed E-state index contributed by atoms with van der Waals surface area (Å²) < 4.78 is 33.5. The highest BCUT2D eigenvalue weighted by atomic mass is 32.2. The molecule has 1 aliphatic heterocycles. The van der Waals surface area contributed by atoms with Crippen LogP contribution in [0, 0.1) is 31.1 Å². The van der Waals surface area contributed by atoms with Gasteiger partial charge in [0.05, 0.1) is 12.0 Å². The maximum atomic E-state index is 12.7. The summed E-state index contributed by atoms with van der Waals surface area (Å²) >= 11 is 0. The summed E-state index contributed by atoms with van der Waals surface area (Å²) in [4.78, 5) is 10.6. The van der Waals surface area contributed by atoms with Gasteiger partial charge >= 0.3 is 0 Å². The van der Waals surface area contributed by atoms with E-state index in [9.17, 15) is 13.7 Å². The normalized spacial score (nSPS) is 15.2. The first-order valence-electron chi connectivity index (χ1n) is 9.46. The van der Waals surface area contributed by atoms with Gasteiger partial charge in [0.2, 0.25) is 10.0 Å². The molecule has 0 amide bonds. The number of anilines is 1. The van der Waals surface area contributed by atoms with Crippen molar-refractivity contribution < 1.29 is 13.2 Å². The van der Waals surface area contributed by atoms with E-state index in [1.165, 1.54) is 6.20 Å². The molecule has 1 aromatic carbocycles. The number of sulfonamides is 1. The van der Waals surface area contributed by atoms with Crippen LogP contribution >= 0.6 is 0 Å². The molecular weight excluding hydrogens is 390 g/mol. The van der Waals surface area contributed by atoms with Crippen LogP contribution in [-0.4, -0.2) is 45.1 Å². The zero-order valence-electron chi connectivity index (χ0n) is 16.8. The van der Waals surface area contributed by atoms with E-state index in [-0.39, 0.29) is 10.8 Å². The highest BCUT2D eigenvalue weighted by molar-refractivity contribution is 7.89. The highest BCUT2D eigenvalue weighted by Crippen LogP contribution is 2.27. The van der Waals surface area contributed by atoms with Crippen molar-refractivity contribution in [3.05, 3.63) is 41.3 Å². The second-order valence-electron chi connectivity index (χ2n) is 7.21. The zero-order valence-corrected chi connectivity index (χ0v) is 17.7. The minimum absolute atomic E-state index is 0.226. The van der Waals surface area contributed by atoms with Gasteiger partial charge in [-0.1, -0.05) is 0 Å². The van der Waals surface area contributed by atoms with Crippen LogP contribution in [0.3, 0.4) is 0 Å². The van der Waals surface area contributed by atoms with Gasteiger partial charge in [0.1, 0.15) is 11.8 Å². The number of ether oxygens (including phenoxy) is 1. The largest absolute Gasteiger partial charge is 0.496 e. The summed E-state index contributed by atoms with van der Waals surface area (Å²) in [6.07, 6.45) is 4.71. The molecule has 0 spiro atoms. The van der Waals surface area contributed by atoms with Gasteiger partial charge in [-0.3, -0.25) is 0 Å². The summed E-state index contributed by atoms with van der Waals surface area (Å²) in [5, 5.41) is 9.19. The van der Waals surface area contributed by atoms with Crippen LogP contribution in [0.4, 0.5) is 5.82 Å². The Morgan fingerprint density at radius 1 is 1.21 bits per heavy atom. The Balaban J connectivity index is 1.61. The molecule has 29 heavy (non-hydrogen) atoms. The van der Waals surface area contributed by atoms with E-state index >= 15 is 0 Å². The number of hydrogen-bond donors (Lipinski definition) is 1. The summed E-state index contributed by atoms with van der Waals surface area (Å²) in [6.45, 7) is 5.47. The fraction of sp³-hybridized carbons (Fsp3) is 0.450. The van der Waals surface area contributed by atoms with Crippen molar-refractivity contribution in [3.8, 4) is 11.8 Å². The lowest BCUT2D eigenvalue weighted by Gasteiger charge is -2.32. The second-order valence-corrected chi connectivity index (χ2v) is 8.98. The molecule has 1 saturated heterocycles. The van der Waals surface area contributed by atoms with Gasteiger partial charge in [-0.15, -0.1) is 0 Å². The van der Waals surface area contributed by atoms with E-state index in [2.05, 4.69) is 20.8 Å². The Bertz CT molecular complexity index is 1000. The first-order chi connectivity index (χ1) is 13.9. The molecule has 1 aromatic heterocycles. The fourth-order valence-corrected chi connectivity index (χ4v) is 4.97. The third-order valence-electron chi connectivity index (χ3n) is 5.21. The molecule has 0 bridgehead atoms. The average molecular weight is 416 g/mol. The van der Waals surface area contributed by atoms with Gasteiger partial charge < -0.3 is 9.64 Å². The number of hydrogen-bond acceptors (Lipinski definition) is 7. The van der Waals surface area contributed by atoms with Crippen LogP contribution in [0.1, 0.15) is 29.7 Å². The lowest BCUT2D eigenvalue weighted by atomic mass is 9.97. The maximum Gasteiger partial charge on any atom is 0.240 e. The number of aromatic nitrogens is 2. The number of nitrogens with one attached hydrogen (secondary N) is 1. The first-order valence-corrected chi connectivity index (χ1v) is 10.9. The lowest BCUT2D eigenvalue weighted by molar-refractivity contribution is 0.400. The Kier molecular flexibility index (Phi) is 6.35. The zero-order chi connectivity index (χ0) is 21.0. The van der Waals surface area contributed by atoms with Crippen molar-refractivity contribution >= 4 is 15.8 Å². The average Bonchev–Trinajstić information content (AvgIpc) is 2.72.